The van der Waals surface area contributed by atoms with Crippen LogP contribution in [0.5, 0.6) is 5.75 Å². The molecule has 0 bridgehead atoms. The predicted molar refractivity (Wildman–Crippen MR) is 87.5 cm³/mol. The van der Waals surface area contributed by atoms with Crippen molar-refractivity contribution in [2.75, 3.05) is 12.4 Å². The van der Waals surface area contributed by atoms with E-state index in [1.165, 1.54) is 5.56 Å². The van der Waals surface area contributed by atoms with Gasteiger partial charge in [-0.3, -0.25) is 0 Å². The lowest BCUT2D eigenvalue weighted by atomic mass is 10.1. The van der Waals surface area contributed by atoms with Crippen LogP contribution in [-0.2, 0) is 16.4 Å². The van der Waals surface area contributed by atoms with Crippen molar-refractivity contribution in [1.29, 1.82) is 0 Å². The second-order valence-electron chi connectivity index (χ2n) is 6.51. The van der Waals surface area contributed by atoms with Crippen molar-refractivity contribution < 1.29 is 13.2 Å². The lowest BCUT2D eigenvalue weighted by Crippen LogP contribution is -2.35. The monoisotopic (exact) mass is 313 g/mol. The molecule has 0 aromatic heterocycles. The van der Waals surface area contributed by atoms with Gasteiger partial charge in [-0.15, -0.1) is 0 Å². The summed E-state index contributed by atoms with van der Waals surface area (Å²) in [6.07, 6.45) is 0. The summed E-state index contributed by atoms with van der Waals surface area (Å²) in [7, 11) is -3.04. The van der Waals surface area contributed by atoms with E-state index in [1.54, 1.807) is 13.8 Å². The molecule has 0 amide bonds. The fourth-order valence-electron chi connectivity index (χ4n) is 1.58. The van der Waals surface area contributed by atoms with E-state index in [9.17, 15) is 8.42 Å². The van der Waals surface area contributed by atoms with Crippen LogP contribution in [0.3, 0.4) is 0 Å². The zero-order chi connectivity index (χ0) is 16.1. The second-order valence-corrected chi connectivity index (χ2v) is 9.19. The van der Waals surface area contributed by atoms with Crippen molar-refractivity contribution in [3.8, 4) is 5.75 Å². The number of hydrogen-bond acceptors (Lipinski definition) is 4. The summed E-state index contributed by atoms with van der Waals surface area (Å²) >= 11 is 0. The highest BCUT2D eigenvalue weighted by Gasteiger charge is 2.15. The molecule has 0 saturated carbocycles. The number of hydrogen-bond donors (Lipinski definition) is 1. The van der Waals surface area contributed by atoms with Crippen LogP contribution < -0.4 is 10.1 Å². The molecule has 0 radical (unpaired) electrons. The van der Waals surface area contributed by atoms with E-state index in [2.05, 4.69) is 26.1 Å². The van der Waals surface area contributed by atoms with E-state index < -0.39 is 9.84 Å². The Bertz CT molecular complexity index is 528. The molecule has 0 aliphatic carbocycles. The zero-order valence-corrected chi connectivity index (χ0v) is 14.5. The molecule has 5 heteroatoms. The Morgan fingerprint density at radius 1 is 1.14 bits per heavy atom. The molecule has 0 atom stereocenters. The fourth-order valence-corrected chi connectivity index (χ4v) is 2.37. The number of rotatable bonds is 7. The highest BCUT2D eigenvalue weighted by molar-refractivity contribution is 7.91. The smallest absolute Gasteiger partial charge is 0.155 e. The van der Waals surface area contributed by atoms with Crippen molar-refractivity contribution in [2.45, 2.75) is 52.0 Å². The van der Waals surface area contributed by atoms with Crippen LogP contribution in [0.1, 0.15) is 40.2 Å². The largest absolute Gasteiger partial charge is 0.493 e. The molecule has 0 unspecified atom stereocenters. The van der Waals surface area contributed by atoms with Crippen LogP contribution in [-0.4, -0.2) is 31.6 Å². The molecule has 0 aliphatic heterocycles. The minimum atomic E-state index is -3.04. The van der Waals surface area contributed by atoms with Gasteiger partial charge in [-0.25, -0.2) is 8.42 Å². The molecule has 0 aliphatic rings. The first-order chi connectivity index (χ1) is 9.60. The molecule has 0 fully saturated rings. The van der Waals surface area contributed by atoms with E-state index >= 15 is 0 Å². The van der Waals surface area contributed by atoms with E-state index in [0.29, 0.717) is 5.75 Å². The Balaban J connectivity index is 2.45. The van der Waals surface area contributed by atoms with Gasteiger partial charge in [0.05, 0.1) is 11.0 Å². The van der Waals surface area contributed by atoms with E-state index in [4.69, 9.17) is 4.74 Å². The summed E-state index contributed by atoms with van der Waals surface area (Å²) in [6, 6.07) is 7.74. The summed E-state index contributed by atoms with van der Waals surface area (Å²) in [5.41, 5.74) is 1.26. The second kappa shape index (κ2) is 7.27. The lowest BCUT2D eigenvalue weighted by molar-refractivity contribution is 0.340. The van der Waals surface area contributed by atoms with Gasteiger partial charge in [0.1, 0.15) is 12.4 Å². The average Bonchev–Trinajstić information content (AvgIpc) is 2.36. The first kappa shape index (κ1) is 18.0. The topological polar surface area (TPSA) is 55.4 Å². The average molecular weight is 313 g/mol. The zero-order valence-electron chi connectivity index (χ0n) is 13.6. The van der Waals surface area contributed by atoms with Crippen molar-refractivity contribution in [2.24, 2.45) is 0 Å². The quantitative estimate of drug-likeness (QED) is 0.841. The maximum Gasteiger partial charge on any atom is 0.155 e. The Morgan fingerprint density at radius 3 is 2.19 bits per heavy atom. The van der Waals surface area contributed by atoms with Gasteiger partial charge in [0.15, 0.2) is 9.84 Å². The molecule has 1 aromatic rings. The summed E-state index contributed by atoms with van der Waals surface area (Å²) in [5.74, 6) is 0.756. The third-order valence-electron chi connectivity index (χ3n) is 3.10. The molecule has 1 N–H and O–H groups in total. The highest BCUT2D eigenvalue weighted by atomic mass is 32.2. The summed E-state index contributed by atoms with van der Waals surface area (Å²) < 4.78 is 28.8. The van der Waals surface area contributed by atoms with Gasteiger partial charge in [-0.1, -0.05) is 12.1 Å². The van der Waals surface area contributed by atoms with Crippen molar-refractivity contribution in [3.05, 3.63) is 29.8 Å². The standard InChI is InChI=1S/C16H27NO3S/c1-13(2)21(18,19)11-10-20-15-8-6-14(7-9-15)12-17-16(3,4)5/h6-9,13,17H,10-12H2,1-5H3. The minimum Gasteiger partial charge on any atom is -0.493 e. The first-order valence-corrected chi connectivity index (χ1v) is 9.00. The number of nitrogens with one attached hydrogen (secondary N) is 1. The van der Waals surface area contributed by atoms with Crippen LogP contribution in [0.2, 0.25) is 0 Å². The molecule has 1 aromatic carbocycles. The van der Waals surface area contributed by atoms with E-state index in [1.807, 2.05) is 24.3 Å². The van der Waals surface area contributed by atoms with Crippen LogP contribution in [0.4, 0.5) is 0 Å². The minimum absolute atomic E-state index is 0.0536. The predicted octanol–water partition coefficient (Wildman–Crippen LogP) is 2.78. The number of ether oxygens (including phenoxy) is 1. The molecule has 4 nitrogen and oxygen atoms in total. The Kier molecular flexibility index (Phi) is 6.23. The Hall–Kier alpha value is -1.07. The van der Waals surface area contributed by atoms with Crippen molar-refractivity contribution in [3.63, 3.8) is 0 Å². The van der Waals surface area contributed by atoms with Gasteiger partial charge in [0, 0.05) is 12.1 Å². The van der Waals surface area contributed by atoms with Crippen LogP contribution in [0.25, 0.3) is 0 Å². The maximum absolute atomic E-state index is 11.7. The molecule has 0 spiro atoms. The summed E-state index contributed by atoms with van der Waals surface area (Å²) in [6.45, 7) is 10.7. The van der Waals surface area contributed by atoms with E-state index in [-0.39, 0.29) is 23.1 Å². The normalized spacial score (nSPS) is 12.7. The van der Waals surface area contributed by atoms with Crippen molar-refractivity contribution in [1.82, 2.24) is 5.32 Å². The first-order valence-electron chi connectivity index (χ1n) is 7.28. The molecular formula is C16H27NO3S. The van der Waals surface area contributed by atoms with Crippen molar-refractivity contribution >= 4 is 9.84 Å². The van der Waals surface area contributed by atoms with Gasteiger partial charge < -0.3 is 10.1 Å². The van der Waals surface area contributed by atoms with Gasteiger partial charge in [-0.05, 0) is 52.3 Å². The van der Waals surface area contributed by atoms with Gasteiger partial charge in [0.25, 0.3) is 0 Å². The van der Waals surface area contributed by atoms with Crippen LogP contribution >= 0.6 is 0 Å². The SMILES string of the molecule is CC(C)S(=O)(=O)CCOc1ccc(CNC(C)(C)C)cc1. The summed E-state index contributed by atoms with van der Waals surface area (Å²) in [4.78, 5) is 0. The molecule has 1 rings (SSSR count). The molecule has 0 heterocycles. The third-order valence-corrected chi connectivity index (χ3v) is 5.27. The Morgan fingerprint density at radius 2 is 1.71 bits per heavy atom. The van der Waals surface area contributed by atoms with E-state index in [0.717, 1.165) is 6.54 Å². The lowest BCUT2D eigenvalue weighted by Gasteiger charge is -2.20. The molecular weight excluding hydrogens is 286 g/mol. The van der Waals surface area contributed by atoms with Crippen LogP contribution in [0.15, 0.2) is 24.3 Å². The maximum atomic E-state index is 11.7. The van der Waals surface area contributed by atoms with Gasteiger partial charge in [0.2, 0.25) is 0 Å². The number of benzene rings is 1. The molecule has 120 valence electrons. The number of sulfone groups is 1. The highest BCUT2D eigenvalue weighted by Crippen LogP contribution is 2.13. The van der Waals surface area contributed by atoms with Gasteiger partial charge >= 0.3 is 0 Å². The van der Waals surface area contributed by atoms with Gasteiger partial charge in [-0.2, -0.15) is 0 Å². The fraction of sp³-hybridized carbons (Fsp3) is 0.625. The molecule has 21 heavy (non-hydrogen) atoms. The molecule has 0 saturated heterocycles. The summed E-state index contributed by atoms with van der Waals surface area (Å²) in [5, 5.41) is 3.06. The van der Waals surface area contributed by atoms with Crippen LogP contribution in [0, 0.1) is 0 Å². The Labute approximate surface area is 128 Å². The third kappa shape index (κ3) is 6.96.